The van der Waals surface area contributed by atoms with E-state index in [1.54, 1.807) is 36.4 Å². The van der Waals surface area contributed by atoms with Crippen molar-refractivity contribution in [3.8, 4) is 45.3 Å². The molecule has 0 fully saturated rings. The van der Waals surface area contributed by atoms with Crippen LogP contribution in [0.25, 0.3) is 72.9 Å². The number of benzene rings is 5. The van der Waals surface area contributed by atoms with Crippen molar-refractivity contribution < 1.29 is 19.2 Å². The predicted octanol–water partition coefficient (Wildman–Crippen LogP) is 7.25. The Morgan fingerprint density at radius 1 is 0.581 bits per heavy atom. The van der Waals surface area contributed by atoms with Crippen LogP contribution in [0.2, 0.25) is 0 Å². The van der Waals surface area contributed by atoms with Crippen LogP contribution in [0.3, 0.4) is 0 Å². The molecular formula is C36H22N6O. The first-order chi connectivity index (χ1) is 27.0. The van der Waals surface area contributed by atoms with Gasteiger partial charge in [0.15, 0.2) is 17.5 Å². The van der Waals surface area contributed by atoms with E-state index < -0.39 is 118 Å². The van der Waals surface area contributed by atoms with Crippen LogP contribution >= 0.6 is 0 Å². The van der Waals surface area contributed by atoms with E-state index in [0.29, 0.717) is 21.8 Å². The minimum Gasteiger partial charge on any atom is -0.268 e. The smallest absolute Gasteiger partial charge is 0.267 e. The second kappa shape index (κ2) is 10.1. The summed E-state index contributed by atoms with van der Waals surface area (Å²) in [4.78, 5) is 35.7. The van der Waals surface area contributed by atoms with Crippen molar-refractivity contribution in [2.24, 2.45) is 0 Å². The van der Waals surface area contributed by atoms with E-state index >= 15 is 0 Å². The molecular weight excluding hydrogens is 532 g/mol. The lowest BCUT2D eigenvalue weighted by Gasteiger charge is -2.10. The molecule has 3 heterocycles. The van der Waals surface area contributed by atoms with Crippen molar-refractivity contribution >= 4 is 27.6 Å². The highest BCUT2D eigenvalue weighted by Gasteiger charge is 2.15. The Bertz CT molecular complexity index is 3090. The maximum atomic E-state index is 13.6. The molecule has 43 heavy (non-hydrogen) atoms. The quantitative estimate of drug-likeness (QED) is 0.164. The monoisotopic (exact) mass is 568 g/mol. The summed E-state index contributed by atoms with van der Waals surface area (Å²) in [6.07, 6.45) is 1.47. The van der Waals surface area contributed by atoms with E-state index in [1.807, 2.05) is 0 Å². The van der Waals surface area contributed by atoms with Gasteiger partial charge in [0.05, 0.1) is 35.6 Å². The van der Waals surface area contributed by atoms with Gasteiger partial charge in [0.1, 0.15) is 0 Å². The first kappa shape index (κ1) is 14.2. The fourth-order valence-electron chi connectivity index (χ4n) is 4.57. The summed E-state index contributed by atoms with van der Waals surface area (Å²) < 4.78 is 120. The highest BCUT2D eigenvalue weighted by molar-refractivity contribution is 5.87. The summed E-state index contributed by atoms with van der Waals surface area (Å²) in [6.45, 7) is 0. The van der Waals surface area contributed by atoms with Gasteiger partial charge in [-0.2, -0.15) is 0 Å². The molecule has 0 amide bonds. The Hall–Kier alpha value is -6.08. The molecule has 7 heteroatoms. The number of hydrogen-bond acceptors (Lipinski definition) is 6. The zero-order chi connectivity index (χ0) is 40.9. The van der Waals surface area contributed by atoms with E-state index in [9.17, 15) is 4.79 Å². The van der Waals surface area contributed by atoms with Gasteiger partial charge in [0.2, 0.25) is 5.78 Å². The topological polar surface area (TPSA) is 85.9 Å². The fraction of sp³-hybridized carbons (Fsp3) is 0. The summed E-state index contributed by atoms with van der Waals surface area (Å²) in [5.41, 5.74) is -1.37. The first-order valence-electron chi connectivity index (χ1n) is 19.7. The highest BCUT2D eigenvalue weighted by atomic mass is 16.1. The van der Waals surface area contributed by atoms with Crippen LogP contribution in [0.1, 0.15) is 19.2 Å². The van der Waals surface area contributed by atoms with Crippen molar-refractivity contribution in [1.29, 1.82) is 0 Å². The third-order valence-electron chi connectivity index (χ3n) is 6.56. The molecule has 8 rings (SSSR count). The molecule has 3 aromatic heterocycles. The summed E-state index contributed by atoms with van der Waals surface area (Å²) in [7, 11) is 0. The van der Waals surface area contributed by atoms with E-state index in [4.69, 9.17) is 19.2 Å². The normalized spacial score (nSPS) is 15.9. The van der Waals surface area contributed by atoms with Crippen LogP contribution in [0, 0.1) is 0 Å². The molecule has 0 spiro atoms. The predicted molar refractivity (Wildman–Crippen MR) is 169 cm³/mol. The number of aromatic nitrogens is 6. The summed E-state index contributed by atoms with van der Waals surface area (Å²) >= 11 is 0. The Balaban J connectivity index is 1.41. The molecule has 0 unspecified atom stereocenters. The zero-order valence-electron chi connectivity index (χ0n) is 35.7. The van der Waals surface area contributed by atoms with Crippen LogP contribution in [-0.4, -0.2) is 29.3 Å². The number of hydrogen-bond donors (Lipinski definition) is 0. The van der Waals surface area contributed by atoms with Crippen LogP contribution in [0.5, 0.6) is 0 Å². The van der Waals surface area contributed by atoms with E-state index in [2.05, 4.69) is 24.9 Å². The highest BCUT2D eigenvalue weighted by Crippen LogP contribution is 2.28. The van der Waals surface area contributed by atoms with Crippen LogP contribution in [-0.2, 0) is 0 Å². The number of para-hydroxylation sites is 1. The average Bonchev–Trinajstić information content (AvgIpc) is 3.21. The fourth-order valence-corrected chi connectivity index (χ4v) is 4.57. The molecule has 0 aliphatic carbocycles. The minimum absolute atomic E-state index is 0.139. The van der Waals surface area contributed by atoms with Gasteiger partial charge >= 0.3 is 0 Å². The minimum atomic E-state index is -0.786. The molecule has 0 aliphatic rings. The molecule has 0 aliphatic heterocycles. The molecule has 202 valence electrons. The van der Waals surface area contributed by atoms with Gasteiger partial charge in [-0.1, -0.05) is 96.7 Å². The van der Waals surface area contributed by atoms with Crippen molar-refractivity contribution in [3.05, 3.63) is 144 Å². The Kier molecular flexibility index (Phi) is 3.33. The number of rotatable bonds is 4. The van der Waals surface area contributed by atoms with E-state index in [1.165, 1.54) is 16.7 Å². The second-order valence-corrected chi connectivity index (χ2v) is 9.16. The van der Waals surface area contributed by atoms with Crippen LogP contribution in [0.15, 0.2) is 138 Å². The van der Waals surface area contributed by atoms with Gasteiger partial charge in [-0.3, -0.25) is 4.79 Å². The largest absolute Gasteiger partial charge is 0.268 e. The van der Waals surface area contributed by atoms with Gasteiger partial charge in [-0.05, 0) is 41.5 Å². The Morgan fingerprint density at radius 3 is 1.88 bits per heavy atom. The van der Waals surface area contributed by atoms with Crippen molar-refractivity contribution in [2.45, 2.75) is 0 Å². The Labute approximate surface area is 265 Å². The molecule has 5 aromatic carbocycles. The third kappa shape index (κ3) is 4.40. The van der Waals surface area contributed by atoms with Gasteiger partial charge < -0.3 is 0 Å². The average molecular weight is 569 g/mol. The van der Waals surface area contributed by atoms with Gasteiger partial charge in [-0.15, -0.1) is 0 Å². The van der Waals surface area contributed by atoms with E-state index in [-0.39, 0.29) is 22.7 Å². The molecule has 0 atom stereocenters. The number of fused-ring (bicyclic) bond motifs is 4. The van der Waals surface area contributed by atoms with Crippen molar-refractivity contribution in [3.63, 3.8) is 0 Å². The first-order valence-corrected chi connectivity index (χ1v) is 12.7. The lowest BCUT2D eigenvalue weighted by molar-refractivity contribution is 1.07. The summed E-state index contributed by atoms with van der Waals surface area (Å²) in [6, 6.07) is 1.23. The summed E-state index contributed by atoms with van der Waals surface area (Å²) in [5, 5.41) is 0.772. The molecule has 0 radical (unpaired) electrons. The lowest BCUT2D eigenvalue weighted by atomic mass is 10.0. The third-order valence-corrected chi connectivity index (χ3v) is 6.56. The Morgan fingerprint density at radius 2 is 1.16 bits per heavy atom. The van der Waals surface area contributed by atoms with Crippen molar-refractivity contribution in [1.82, 2.24) is 29.3 Å². The maximum Gasteiger partial charge on any atom is 0.267 e. The van der Waals surface area contributed by atoms with E-state index in [0.717, 1.165) is 0 Å². The van der Waals surface area contributed by atoms with Gasteiger partial charge in [-0.25, -0.2) is 29.3 Å². The molecule has 7 nitrogen and oxygen atoms in total. The van der Waals surface area contributed by atoms with Gasteiger partial charge in [0, 0.05) is 28.3 Å². The van der Waals surface area contributed by atoms with Crippen molar-refractivity contribution in [2.75, 3.05) is 0 Å². The number of nitrogens with zero attached hydrogens (tertiary/aromatic N) is 6. The molecule has 0 saturated carbocycles. The molecule has 0 saturated heterocycles. The molecule has 8 aromatic rings. The van der Waals surface area contributed by atoms with Crippen LogP contribution < -0.4 is 5.56 Å². The SMILES string of the molecule is [2H]c1c([2H])c([2H])c(-c2nc(-c3ccc4c(cnc5nc6ccccc6c(=O)n54)c3)nc(-c3c([2H])c([2H])c(-c4c([2H])c([2H])c([2H])c([2H])c4[2H])c([2H])c3[2H])n2)c([2H])c1[2H]. The lowest BCUT2D eigenvalue weighted by Crippen LogP contribution is -2.17. The summed E-state index contributed by atoms with van der Waals surface area (Å²) in [5.74, 6) is -1.03. The molecule has 0 bridgehead atoms. The molecule has 0 N–H and O–H groups in total. The van der Waals surface area contributed by atoms with Gasteiger partial charge in [0.25, 0.3) is 5.56 Å². The second-order valence-electron chi connectivity index (χ2n) is 9.16. The maximum absolute atomic E-state index is 13.6. The standard InChI is InChI=1S/C36H22N6O/c43-35-29-13-7-8-14-30(29)38-36-37-22-28-21-27(19-20-31(28)42(35)36)34-40-32(25-11-5-2-6-12-25)39-33(41-34)26-17-15-24(16-18-26)23-9-3-1-4-10-23/h1-22H/i1D,2D,3D,4D,5D,6D,9D,10D,11D,12D,15D,16D,17D,18D. The zero-order valence-corrected chi connectivity index (χ0v) is 21.7. The van der Waals surface area contributed by atoms with Crippen LogP contribution in [0.4, 0.5) is 0 Å².